The highest BCUT2D eigenvalue weighted by molar-refractivity contribution is 5.90. The summed E-state index contributed by atoms with van der Waals surface area (Å²) in [5.74, 6) is -5.21. The van der Waals surface area contributed by atoms with Crippen LogP contribution < -0.4 is 0 Å². The van der Waals surface area contributed by atoms with Crippen LogP contribution in [0.25, 0.3) is 0 Å². The maximum absolute atomic E-state index is 14.1. The van der Waals surface area contributed by atoms with E-state index in [9.17, 15) is 18.4 Å². The molecule has 1 saturated carbocycles. The molecule has 1 spiro atoms. The summed E-state index contributed by atoms with van der Waals surface area (Å²) in [6.07, 6.45) is 0.806. The standard InChI is InChI=1S/C11H13F2NO3/c12-11(13)7-2-1-6(8(15)16)5-14(7)9(17)10(11)3-4-10/h6-7H,1-5H2,(H,15,16)/t6?,7-/m0/s1. The predicted octanol–water partition coefficient (Wildman–Crippen LogP) is 1.11. The van der Waals surface area contributed by atoms with E-state index in [4.69, 9.17) is 5.11 Å². The highest BCUT2D eigenvalue weighted by atomic mass is 19.3. The van der Waals surface area contributed by atoms with Gasteiger partial charge in [-0.25, -0.2) is 8.78 Å². The third kappa shape index (κ3) is 1.16. The van der Waals surface area contributed by atoms with Gasteiger partial charge in [0.2, 0.25) is 5.91 Å². The van der Waals surface area contributed by atoms with E-state index in [1.165, 1.54) is 0 Å². The summed E-state index contributed by atoms with van der Waals surface area (Å²) in [6.45, 7) is -0.0594. The van der Waals surface area contributed by atoms with Crippen molar-refractivity contribution in [1.82, 2.24) is 4.90 Å². The summed E-state index contributed by atoms with van der Waals surface area (Å²) in [7, 11) is 0. The van der Waals surface area contributed by atoms with E-state index in [0.29, 0.717) is 0 Å². The molecule has 0 radical (unpaired) electrons. The molecule has 3 rings (SSSR count). The molecule has 1 aliphatic carbocycles. The Hall–Kier alpha value is -1.20. The number of fused-ring (bicyclic) bond motifs is 1. The van der Waals surface area contributed by atoms with E-state index < -0.39 is 35.2 Å². The number of carbonyl (C=O) groups is 2. The van der Waals surface area contributed by atoms with Gasteiger partial charge in [0.15, 0.2) is 0 Å². The molecule has 2 heterocycles. The van der Waals surface area contributed by atoms with Crippen LogP contribution >= 0.6 is 0 Å². The van der Waals surface area contributed by atoms with Crippen molar-refractivity contribution < 1.29 is 23.5 Å². The first-order valence-electron chi connectivity index (χ1n) is 5.82. The van der Waals surface area contributed by atoms with E-state index in [1.54, 1.807) is 0 Å². The lowest BCUT2D eigenvalue weighted by molar-refractivity contribution is -0.147. The van der Waals surface area contributed by atoms with Crippen LogP contribution in [0.15, 0.2) is 0 Å². The normalized spacial score (nSPS) is 37.1. The number of hydrogen-bond acceptors (Lipinski definition) is 2. The summed E-state index contributed by atoms with van der Waals surface area (Å²) in [6, 6.07) is -1.08. The molecule has 0 aromatic carbocycles. The Kier molecular flexibility index (Phi) is 1.91. The SMILES string of the molecule is O=C(O)C1CC[C@@H]2N(C1)C(=O)C1(CC1)C2(F)F. The topological polar surface area (TPSA) is 57.6 Å². The zero-order valence-corrected chi connectivity index (χ0v) is 9.16. The van der Waals surface area contributed by atoms with Crippen LogP contribution in [0, 0.1) is 11.3 Å². The second-order valence-electron chi connectivity index (χ2n) is 5.29. The second kappa shape index (κ2) is 2.97. The van der Waals surface area contributed by atoms with Gasteiger partial charge in [-0.05, 0) is 25.7 Å². The van der Waals surface area contributed by atoms with Crippen molar-refractivity contribution in [2.75, 3.05) is 6.54 Å². The van der Waals surface area contributed by atoms with Crippen molar-refractivity contribution >= 4 is 11.9 Å². The first kappa shape index (κ1) is 10.9. The number of aliphatic carboxylic acids is 1. The van der Waals surface area contributed by atoms with E-state index in [-0.39, 0.29) is 32.2 Å². The van der Waals surface area contributed by atoms with Gasteiger partial charge < -0.3 is 10.0 Å². The molecule has 2 saturated heterocycles. The largest absolute Gasteiger partial charge is 0.481 e. The minimum Gasteiger partial charge on any atom is -0.481 e. The molecule has 3 fully saturated rings. The Labute approximate surface area is 96.6 Å². The van der Waals surface area contributed by atoms with E-state index >= 15 is 0 Å². The van der Waals surface area contributed by atoms with E-state index in [1.807, 2.05) is 0 Å². The predicted molar refractivity (Wildman–Crippen MR) is 52.5 cm³/mol. The summed E-state index contributed by atoms with van der Waals surface area (Å²) in [4.78, 5) is 23.9. The van der Waals surface area contributed by atoms with Crippen molar-refractivity contribution in [1.29, 1.82) is 0 Å². The summed E-state index contributed by atoms with van der Waals surface area (Å²) < 4.78 is 28.2. The molecule has 94 valence electrons. The molecular formula is C11H13F2NO3. The Morgan fingerprint density at radius 3 is 2.53 bits per heavy atom. The molecular weight excluding hydrogens is 232 g/mol. The number of nitrogens with zero attached hydrogens (tertiary/aromatic N) is 1. The van der Waals surface area contributed by atoms with Crippen LogP contribution in [-0.4, -0.2) is 40.4 Å². The van der Waals surface area contributed by atoms with Crippen molar-refractivity contribution in [2.24, 2.45) is 11.3 Å². The molecule has 2 atom stereocenters. The van der Waals surface area contributed by atoms with Crippen LogP contribution in [0.3, 0.4) is 0 Å². The molecule has 6 heteroatoms. The highest BCUT2D eigenvalue weighted by Crippen LogP contribution is 2.65. The summed E-state index contributed by atoms with van der Waals surface area (Å²) in [5, 5.41) is 8.89. The number of carboxylic acid groups (broad SMARTS) is 1. The van der Waals surface area contributed by atoms with Gasteiger partial charge in [-0.15, -0.1) is 0 Å². The van der Waals surface area contributed by atoms with Crippen molar-refractivity contribution in [3.63, 3.8) is 0 Å². The fourth-order valence-electron chi connectivity index (χ4n) is 3.18. The Morgan fingerprint density at radius 1 is 1.35 bits per heavy atom. The number of amides is 1. The average Bonchev–Trinajstić information content (AvgIpc) is 3.05. The van der Waals surface area contributed by atoms with Crippen molar-refractivity contribution in [3.05, 3.63) is 0 Å². The first-order valence-corrected chi connectivity index (χ1v) is 5.82. The first-order chi connectivity index (χ1) is 7.90. The maximum Gasteiger partial charge on any atom is 0.308 e. The van der Waals surface area contributed by atoms with Gasteiger partial charge in [0.05, 0.1) is 12.0 Å². The third-order valence-electron chi connectivity index (χ3n) is 4.41. The quantitative estimate of drug-likeness (QED) is 0.752. The van der Waals surface area contributed by atoms with Gasteiger partial charge in [0, 0.05) is 6.54 Å². The molecule has 17 heavy (non-hydrogen) atoms. The number of halogens is 2. The third-order valence-corrected chi connectivity index (χ3v) is 4.41. The number of carbonyl (C=O) groups excluding carboxylic acids is 1. The molecule has 1 amide bonds. The summed E-state index contributed by atoms with van der Waals surface area (Å²) >= 11 is 0. The van der Waals surface area contributed by atoms with Crippen molar-refractivity contribution in [3.8, 4) is 0 Å². The number of alkyl halides is 2. The van der Waals surface area contributed by atoms with Crippen LogP contribution in [0.1, 0.15) is 25.7 Å². The number of hydrogen-bond donors (Lipinski definition) is 1. The lowest BCUT2D eigenvalue weighted by Gasteiger charge is -2.34. The molecule has 2 aliphatic heterocycles. The smallest absolute Gasteiger partial charge is 0.308 e. The monoisotopic (exact) mass is 245 g/mol. The van der Waals surface area contributed by atoms with Crippen molar-refractivity contribution in [2.45, 2.75) is 37.6 Å². The molecule has 0 aromatic heterocycles. The molecule has 3 aliphatic rings. The van der Waals surface area contributed by atoms with Gasteiger partial charge in [0.1, 0.15) is 5.41 Å². The lowest BCUT2D eigenvalue weighted by Crippen LogP contribution is -2.48. The Morgan fingerprint density at radius 2 is 2.00 bits per heavy atom. The average molecular weight is 245 g/mol. The van der Waals surface area contributed by atoms with Crippen LogP contribution in [0.4, 0.5) is 8.78 Å². The van der Waals surface area contributed by atoms with Gasteiger partial charge in [-0.2, -0.15) is 0 Å². The van der Waals surface area contributed by atoms with Gasteiger partial charge in [0.25, 0.3) is 5.92 Å². The van der Waals surface area contributed by atoms with Gasteiger partial charge >= 0.3 is 5.97 Å². The highest BCUT2D eigenvalue weighted by Gasteiger charge is 2.77. The number of rotatable bonds is 1. The van der Waals surface area contributed by atoms with E-state index in [0.717, 1.165) is 4.90 Å². The Bertz CT molecular complexity index is 406. The zero-order valence-electron chi connectivity index (χ0n) is 9.16. The number of carboxylic acids is 1. The van der Waals surface area contributed by atoms with Crippen LogP contribution in [-0.2, 0) is 9.59 Å². The fraction of sp³-hybridized carbons (Fsp3) is 0.818. The zero-order chi connectivity index (χ0) is 12.4. The minimum atomic E-state index is -2.98. The molecule has 0 aromatic rings. The minimum absolute atomic E-state index is 0.0594. The number of piperidine rings is 1. The van der Waals surface area contributed by atoms with Gasteiger partial charge in [-0.1, -0.05) is 0 Å². The fourth-order valence-corrected chi connectivity index (χ4v) is 3.18. The van der Waals surface area contributed by atoms with E-state index in [2.05, 4.69) is 0 Å². The molecule has 0 bridgehead atoms. The van der Waals surface area contributed by atoms with Crippen LogP contribution in [0.2, 0.25) is 0 Å². The molecule has 1 unspecified atom stereocenters. The maximum atomic E-state index is 14.1. The Balaban J connectivity index is 1.91. The lowest BCUT2D eigenvalue weighted by atomic mass is 9.89. The molecule has 4 nitrogen and oxygen atoms in total. The second-order valence-corrected chi connectivity index (χ2v) is 5.29. The molecule has 1 N–H and O–H groups in total. The van der Waals surface area contributed by atoms with Gasteiger partial charge in [-0.3, -0.25) is 9.59 Å². The summed E-state index contributed by atoms with van der Waals surface area (Å²) in [5.41, 5.74) is -1.48. The van der Waals surface area contributed by atoms with Crippen LogP contribution in [0.5, 0.6) is 0 Å².